The van der Waals surface area contributed by atoms with Crippen LogP contribution in [0.3, 0.4) is 0 Å². The second kappa shape index (κ2) is 25.9. The van der Waals surface area contributed by atoms with Crippen molar-refractivity contribution in [1.82, 2.24) is 50.5 Å². The van der Waals surface area contributed by atoms with Crippen molar-refractivity contribution < 1.29 is 66.9 Å². The van der Waals surface area contributed by atoms with E-state index in [1.165, 1.54) is 91.8 Å². The van der Waals surface area contributed by atoms with Crippen molar-refractivity contribution in [3.63, 3.8) is 0 Å². The molecule has 0 unspecified atom stereocenters. The second-order valence-corrected chi connectivity index (χ2v) is 22.7. The maximum absolute atomic E-state index is 12.5. The van der Waals surface area contributed by atoms with Crippen LogP contribution in [0, 0.1) is 0 Å². The zero-order chi connectivity index (χ0) is 53.8. The van der Waals surface area contributed by atoms with Crippen molar-refractivity contribution in [1.29, 1.82) is 0 Å². The summed E-state index contributed by atoms with van der Waals surface area (Å²) in [7, 11) is -9.82. The van der Waals surface area contributed by atoms with Crippen LogP contribution in [0.2, 0.25) is 0 Å². The summed E-state index contributed by atoms with van der Waals surface area (Å²) in [6, 6.07) is -2.67. The van der Waals surface area contributed by atoms with E-state index in [-0.39, 0.29) is 31.1 Å². The van der Waals surface area contributed by atoms with Gasteiger partial charge in [0.2, 0.25) is 22.2 Å². The number of quaternary nitrogens is 1. The number of piperazine rings is 2. The number of anilines is 2. The van der Waals surface area contributed by atoms with Crippen LogP contribution in [0.25, 0.3) is 0 Å². The largest absolute Gasteiger partial charge is 0.724 e. The standard InChI is InChI=1S/C17H26N6O8S.C16H36N.C12H18N6O6S/c1-17(2,3)30-16(25)21-8-6-20(7-9-21)14-19-18-13(29-14)12-5-4-11-10-22(12)15(24)23(11)31-32(26,27)28;1-5-9-13-17(14-10-6-2,15-11-7-3)16-12-8-4;19-12-17-7-8(18(12)24-25(20,21)22)1-2-9(17)10-14-15-11(23-10)16-5-3-13-4-6-16/h11-12H,4-10H2,1-3H3,(H,26,27,28);5-16H2,1-4H3;8-9,13H,1-7H2,(H,20,21,22)/q;+1;/p-1/t11-,12+;;8-,9+/m1.1/s1. The fraction of sp³-hybridized carbons (Fsp3) is 0.844. The molecule has 0 spiro atoms. The van der Waals surface area contributed by atoms with Gasteiger partial charge in [-0.05, 0) is 72.1 Å². The van der Waals surface area contributed by atoms with Crippen molar-refractivity contribution in [3.05, 3.63) is 11.8 Å². The van der Waals surface area contributed by atoms with Crippen molar-refractivity contribution in [3.8, 4) is 0 Å². The number of hydrogen-bond acceptors (Lipinski definition) is 20. The summed E-state index contributed by atoms with van der Waals surface area (Å²) in [5.74, 6) is 0.530. The van der Waals surface area contributed by atoms with Gasteiger partial charge in [0.15, 0.2) is 0 Å². The number of fused-ring (bicyclic) bond motifs is 4. The van der Waals surface area contributed by atoms with Gasteiger partial charge in [0.1, 0.15) is 17.7 Å². The van der Waals surface area contributed by atoms with E-state index in [1.807, 2.05) is 30.6 Å². The molecule has 6 aliphatic heterocycles. The van der Waals surface area contributed by atoms with Gasteiger partial charge in [-0.25, -0.2) is 22.8 Å². The van der Waals surface area contributed by atoms with Gasteiger partial charge in [-0.15, -0.1) is 14.5 Å². The molecule has 0 aromatic carbocycles. The fourth-order valence-electron chi connectivity index (χ4n) is 10.1. The second-order valence-electron chi connectivity index (χ2n) is 20.7. The quantitative estimate of drug-likeness (QED) is 0.104. The average Bonchev–Trinajstić information content (AvgIpc) is 4.15. The van der Waals surface area contributed by atoms with Crippen LogP contribution in [0.1, 0.15) is 149 Å². The molecule has 0 saturated carbocycles. The normalized spacial score (nSPS) is 22.5. The van der Waals surface area contributed by atoms with E-state index in [9.17, 15) is 35.8 Å². The van der Waals surface area contributed by atoms with E-state index in [0.717, 1.165) is 26.2 Å². The molecule has 6 saturated heterocycles. The summed E-state index contributed by atoms with van der Waals surface area (Å²) in [6.07, 6.45) is 12.6. The van der Waals surface area contributed by atoms with Crippen LogP contribution in [0.5, 0.6) is 0 Å². The highest BCUT2D eigenvalue weighted by Crippen LogP contribution is 2.40. The number of amides is 5. The summed E-state index contributed by atoms with van der Waals surface area (Å²) in [4.78, 5) is 45.3. The number of rotatable bonds is 20. The van der Waals surface area contributed by atoms with E-state index >= 15 is 0 Å². The first-order chi connectivity index (χ1) is 35.1. The predicted molar refractivity (Wildman–Crippen MR) is 266 cm³/mol. The average molecular weight is 1090 g/mol. The highest BCUT2D eigenvalue weighted by Gasteiger charge is 2.50. The molecule has 4 bridgehead atoms. The lowest BCUT2D eigenvalue weighted by atomic mass is 10.0. The number of aromatic nitrogens is 4. The van der Waals surface area contributed by atoms with Crippen LogP contribution in [0.15, 0.2) is 8.83 Å². The van der Waals surface area contributed by atoms with Gasteiger partial charge < -0.3 is 52.4 Å². The number of ether oxygens (including phenoxy) is 1. The molecule has 6 fully saturated rings. The SMILES string of the molecule is CC(C)(C)OC(=O)N1CCN(c2nnc([C@@H]3CC[C@@H]4CN3C(=O)N4OS(=O)(=O)[O-])o2)CC1.CCCC[N+](CCCC)(CCCC)CCCC.O=C1N2C[C@@H](CC[C@H]2c2nnc(N3CCNCC3)o2)N1OS(=O)(=O)O. The third-order valence-corrected chi connectivity index (χ3v) is 14.6. The lowest BCUT2D eigenvalue weighted by Gasteiger charge is -2.39. The third kappa shape index (κ3) is 15.9. The van der Waals surface area contributed by atoms with Gasteiger partial charge in [-0.1, -0.05) is 63.6 Å². The summed E-state index contributed by atoms with van der Waals surface area (Å²) in [5, 5.41) is 20.8. The van der Waals surface area contributed by atoms with E-state index < -0.39 is 62.6 Å². The Morgan fingerprint density at radius 2 is 1.09 bits per heavy atom. The Kier molecular flexibility index (Phi) is 20.5. The third-order valence-electron chi connectivity index (χ3n) is 14.0. The van der Waals surface area contributed by atoms with Gasteiger partial charge >= 0.3 is 40.6 Å². The molecular weight excluding hydrogens is 1010 g/mol. The lowest BCUT2D eigenvalue weighted by molar-refractivity contribution is -0.929. The number of hydroxylamine groups is 4. The number of carbonyl (C=O) groups is 3. The summed E-state index contributed by atoms with van der Waals surface area (Å²) < 4.78 is 90.5. The van der Waals surface area contributed by atoms with Gasteiger partial charge in [0, 0.05) is 65.4 Å². The number of urea groups is 2. The first-order valence-corrected chi connectivity index (χ1v) is 29.0. The van der Waals surface area contributed by atoms with Crippen LogP contribution < -0.4 is 15.1 Å². The molecule has 0 aliphatic carbocycles. The van der Waals surface area contributed by atoms with E-state index in [4.69, 9.17) is 18.1 Å². The molecule has 2 N–H and O–H groups in total. The van der Waals surface area contributed by atoms with Gasteiger partial charge in [-0.3, -0.25) is 4.55 Å². The Morgan fingerprint density at radius 3 is 1.49 bits per heavy atom. The van der Waals surface area contributed by atoms with E-state index in [0.29, 0.717) is 73.9 Å². The minimum atomic E-state index is -5.06. The Morgan fingerprint density at radius 1 is 0.676 bits per heavy atom. The molecule has 27 nitrogen and oxygen atoms in total. The number of nitrogens with zero attached hydrogens (tertiary/aromatic N) is 12. The number of unbranched alkanes of at least 4 members (excludes halogenated alkanes) is 4. The monoisotopic (exact) mass is 1090 g/mol. The summed E-state index contributed by atoms with van der Waals surface area (Å²) in [5.41, 5.74) is -0.569. The molecular formula is C45H79N13O14S2. The van der Waals surface area contributed by atoms with Crippen molar-refractivity contribution >= 4 is 51.0 Å². The lowest BCUT2D eigenvalue weighted by Crippen LogP contribution is -2.50. The topological polar surface area (TPSA) is 303 Å². The summed E-state index contributed by atoms with van der Waals surface area (Å²) in [6.45, 7) is 25.9. The molecule has 8 heterocycles. The number of hydrogen-bond donors (Lipinski definition) is 2. The minimum Gasteiger partial charge on any atom is -0.724 e. The Bertz CT molecular complexity index is 2320. The van der Waals surface area contributed by atoms with Crippen molar-refractivity contribution in [2.45, 2.75) is 155 Å². The maximum Gasteiger partial charge on any atom is 0.418 e. The smallest absolute Gasteiger partial charge is 0.418 e. The Labute approximate surface area is 435 Å². The number of carbonyl (C=O) groups excluding carboxylic acids is 3. The number of nitrogens with one attached hydrogen (secondary N) is 1. The first kappa shape index (κ1) is 58.6. The molecule has 0 radical (unpaired) electrons. The Hall–Kier alpha value is -4.65. The molecule has 4 atom stereocenters. The zero-order valence-corrected chi connectivity index (χ0v) is 45.8. The Balaban J connectivity index is 0.000000190. The van der Waals surface area contributed by atoms with Crippen molar-refractivity contribution in [2.24, 2.45) is 0 Å². The fourth-order valence-corrected chi connectivity index (χ4v) is 10.8. The molecule has 2 aromatic heterocycles. The molecule has 29 heteroatoms. The maximum atomic E-state index is 12.5. The van der Waals surface area contributed by atoms with Gasteiger partial charge in [0.25, 0.3) is 0 Å². The van der Waals surface area contributed by atoms with Crippen molar-refractivity contribution in [2.75, 3.05) is 101 Å². The molecule has 5 amide bonds. The first-order valence-electron chi connectivity index (χ1n) is 26.3. The van der Waals surface area contributed by atoms with Gasteiger partial charge in [-0.2, -0.15) is 22.8 Å². The molecule has 6 aliphatic rings. The molecule has 420 valence electrons. The van der Waals surface area contributed by atoms with Crippen LogP contribution in [-0.2, 0) is 34.1 Å². The van der Waals surface area contributed by atoms with E-state index in [1.54, 1.807) is 4.90 Å². The molecule has 8 rings (SSSR count). The van der Waals surface area contributed by atoms with Crippen LogP contribution in [-0.4, -0.2) is 203 Å². The summed E-state index contributed by atoms with van der Waals surface area (Å²) >= 11 is 0. The van der Waals surface area contributed by atoms with E-state index in [2.05, 4.69) is 62.0 Å². The number of piperidine rings is 2. The van der Waals surface area contributed by atoms with Crippen LogP contribution >= 0.6 is 0 Å². The van der Waals surface area contributed by atoms with Crippen LogP contribution in [0.4, 0.5) is 26.4 Å². The minimum absolute atomic E-state index is 0.186. The molecule has 2 aromatic rings. The predicted octanol–water partition coefficient (Wildman–Crippen LogP) is 4.62. The highest BCUT2D eigenvalue weighted by molar-refractivity contribution is 7.81. The zero-order valence-electron chi connectivity index (χ0n) is 44.1. The highest BCUT2D eigenvalue weighted by atomic mass is 32.3. The molecule has 74 heavy (non-hydrogen) atoms. The van der Waals surface area contributed by atoms with Gasteiger partial charge in [0.05, 0.1) is 38.3 Å².